The number of rotatable bonds is 7. The minimum atomic E-state index is -1.11. The lowest BCUT2D eigenvalue weighted by Crippen LogP contribution is -2.42. The molecule has 2 aromatic rings. The molecule has 1 unspecified atom stereocenters. The normalized spacial score (nSPS) is 19.9. The Kier molecular flexibility index (Phi) is 6.22. The number of fused-ring (bicyclic) bond motifs is 1. The van der Waals surface area contributed by atoms with Gasteiger partial charge in [0.25, 0.3) is 11.8 Å². The predicted molar refractivity (Wildman–Crippen MR) is 122 cm³/mol. The van der Waals surface area contributed by atoms with Crippen molar-refractivity contribution in [3.63, 3.8) is 0 Å². The second-order valence-corrected chi connectivity index (χ2v) is 9.21. The lowest BCUT2D eigenvalue weighted by Gasteiger charge is -2.40. The van der Waals surface area contributed by atoms with Crippen LogP contribution in [0.5, 0.6) is 0 Å². The summed E-state index contributed by atoms with van der Waals surface area (Å²) in [6.07, 6.45) is 0.663. The third-order valence-corrected chi connectivity index (χ3v) is 7.02. The average Bonchev–Trinajstić information content (AvgIpc) is 3.02. The van der Waals surface area contributed by atoms with E-state index in [1.165, 1.54) is 12.1 Å². The van der Waals surface area contributed by atoms with Crippen LogP contribution in [0.3, 0.4) is 0 Å². The highest BCUT2D eigenvalue weighted by Crippen LogP contribution is 2.34. The fourth-order valence-corrected chi connectivity index (χ4v) is 5.01. The molecule has 9 heteroatoms. The molecule has 180 valence electrons. The monoisotopic (exact) mass is 471 g/mol. The molecule has 2 aromatic carbocycles. The van der Waals surface area contributed by atoms with Crippen LogP contribution in [0.25, 0.3) is 0 Å². The van der Waals surface area contributed by atoms with Crippen molar-refractivity contribution in [2.75, 3.05) is 49.6 Å². The first-order valence-corrected chi connectivity index (χ1v) is 11.6. The van der Waals surface area contributed by atoms with E-state index in [2.05, 4.69) is 5.32 Å². The Morgan fingerprint density at radius 2 is 1.59 bits per heavy atom. The van der Waals surface area contributed by atoms with Crippen molar-refractivity contribution < 1.29 is 28.2 Å². The SMILES string of the molecule is O=C1c2ccccc2C(=O)N1CC(O)CNc1cc(F)c(N2CCC(C3COC3)CC2)c(F)c1. The second kappa shape index (κ2) is 9.31. The third kappa shape index (κ3) is 4.25. The van der Waals surface area contributed by atoms with E-state index in [1.807, 2.05) is 0 Å². The molecule has 0 bridgehead atoms. The van der Waals surface area contributed by atoms with Gasteiger partial charge in [-0.05, 0) is 43.0 Å². The highest BCUT2D eigenvalue weighted by Gasteiger charge is 2.36. The number of amides is 2. The summed E-state index contributed by atoms with van der Waals surface area (Å²) < 4.78 is 34.9. The minimum Gasteiger partial charge on any atom is -0.389 e. The summed E-state index contributed by atoms with van der Waals surface area (Å²) in [5.41, 5.74) is 0.761. The van der Waals surface area contributed by atoms with E-state index >= 15 is 0 Å². The Morgan fingerprint density at radius 1 is 1.00 bits per heavy atom. The summed E-state index contributed by atoms with van der Waals surface area (Å²) in [6, 6.07) is 8.89. The van der Waals surface area contributed by atoms with Crippen LogP contribution in [0.4, 0.5) is 20.2 Å². The molecule has 0 saturated carbocycles. The van der Waals surface area contributed by atoms with Gasteiger partial charge in [0.15, 0.2) is 11.6 Å². The van der Waals surface area contributed by atoms with Crippen LogP contribution in [-0.2, 0) is 4.74 Å². The standard InChI is InChI=1S/C25H27F2N3O4/c26-21-9-17(10-22(27)23(21)29-7-5-15(6-8-29)16-13-34-14-16)28-11-18(31)12-30-24(32)19-3-1-2-4-20(19)25(30)33/h1-4,9-10,15-16,18,28,31H,5-8,11-14H2. The van der Waals surface area contributed by atoms with Gasteiger partial charge in [-0.1, -0.05) is 12.1 Å². The van der Waals surface area contributed by atoms with Gasteiger partial charge in [0.05, 0.1) is 37.0 Å². The van der Waals surface area contributed by atoms with Gasteiger partial charge in [0.1, 0.15) is 5.69 Å². The summed E-state index contributed by atoms with van der Waals surface area (Å²) in [5, 5.41) is 13.2. The number of aliphatic hydroxyl groups excluding tert-OH is 1. The van der Waals surface area contributed by atoms with Crippen molar-refractivity contribution in [2.24, 2.45) is 11.8 Å². The van der Waals surface area contributed by atoms with E-state index < -0.39 is 29.6 Å². The number of imide groups is 1. The van der Waals surface area contributed by atoms with Crippen molar-refractivity contribution in [3.05, 3.63) is 59.2 Å². The van der Waals surface area contributed by atoms with E-state index in [9.17, 15) is 23.5 Å². The largest absolute Gasteiger partial charge is 0.389 e. The molecular weight excluding hydrogens is 444 g/mol. The number of ether oxygens (including phenoxy) is 1. The topological polar surface area (TPSA) is 82.1 Å². The van der Waals surface area contributed by atoms with Gasteiger partial charge in [0, 0.05) is 31.2 Å². The highest BCUT2D eigenvalue weighted by molar-refractivity contribution is 6.21. The van der Waals surface area contributed by atoms with Crippen LogP contribution in [0.2, 0.25) is 0 Å². The van der Waals surface area contributed by atoms with Gasteiger partial charge >= 0.3 is 0 Å². The molecule has 1 atom stereocenters. The van der Waals surface area contributed by atoms with Gasteiger partial charge in [0.2, 0.25) is 0 Å². The maximum atomic E-state index is 14.8. The lowest BCUT2D eigenvalue weighted by atomic mass is 9.83. The number of hydrogen-bond donors (Lipinski definition) is 2. The van der Waals surface area contributed by atoms with Crippen LogP contribution in [0.1, 0.15) is 33.6 Å². The van der Waals surface area contributed by atoms with E-state index in [1.54, 1.807) is 29.2 Å². The first-order chi connectivity index (χ1) is 16.4. The van der Waals surface area contributed by atoms with Crippen molar-refractivity contribution >= 4 is 23.2 Å². The van der Waals surface area contributed by atoms with E-state index in [0.29, 0.717) is 36.1 Å². The molecule has 5 rings (SSSR count). The Hall–Kier alpha value is -3.04. The molecule has 2 saturated heterocycles. The molecule has 0 radical (unpaired) electrons. The fourth-order valence-electron chi connectivity index (χ4n) is 5.01. The Balaban J connectivity index is 1.17. The summed E-state index contributed by atoms with van der Waals surface area (Å²) >= 11 is 0. The summed E-state index contributed by atoms with van der Waals surface area (Å²) in [6.45, 7) is 2.46. The minimum absolute atomic E-state index is 0.0274. The number of β-amino-alcohol motifs (C(OH)–C–C–N with tert-alkyl or cyclic N) is 1. The summed E-state index contributed by atoms with van der Waals surface area (Å²) in [7, 11) is 0. The number of aliphatic hydroxyl groups is 1. The van der Waals surface area contributed by atoms with Crippen molar-refractivity contribution in [2.45, 2.75) is 18.9 Å². The summed E-state index contributed by atoms with van der Waals surface area (Å²) in [4.78, 5) is 27.6. The predicted octanol–water partition coefficient (Wildman–Crippen LogP) is 2.90. The maximum absolute atomic E-state index is 14.8. The second-order valence-electron chi connectivity index (χ2n) is 9.21. The molecular formula is C25H27F2N3O4. The highest BCUT2D eigenvalue weighted by atomic mass is 19.1. The van der Waals surface area contributed by atoms with Gasteiger partial charge < -0.3 is 20.1 Å². The maximum Gasteiger partial charge on any atom is 0.261 e. The van der Waals surface area contributed by atoms with Gasteiger partial charge in [-0.3, -0.25) is 14.5 Å². The lowest BCUT2D eigenvalue weighted by molar-refractivity contribution is -0.0651. The molecule has 2 N–H and O–H groups in total. The van der Waals surface area contributed by atoms with E-state index in [0.717, 1.165) is 31.0 Å². The van der Waals surface area contributed by atoms with Crippen molar-refractivity contribution in [1.82, 2.24) is 4.90 Å². The number of nitrogens with zero attached hydrogens (tertiary/aromatic N) is 2. The third-order valence-electron chi connectivity index (χ3n) is 7.02. The van der Waals surface area contributed by atoms with Crippen LogP contribution < -0.4 is 10.2 Å². The number of nitrogens with one attached hydrogen (secondary N) is 1. The number of piperidine rings is 1. The molecule has 0 aliphatic carbocycles. The summed E-state index contributed by atoms with van der Waals surface area (Å²) in [5.74, 6) is -1.15. The molecule has 3 aliphatic heterocycles. The van der Waals surface area contributed by atoms with Gasteiger partial charge in [-0.15, -0.1) is 0 Å². The van der Waals surface area contributed by atoms with Crippen LogP contribution in [-0.4, -0.2) is 67.3 Å². The smallest absolute Gasteiger partial charge is 0.261 e. The number of hydrogen-bond acceptors (Lipinski definition) is 6. The quantitative estimate of drug-likeness (QED) is 0.605. The first-order valence-electron chi connectivity index (χ1n) is 11.6. The molecule has 0 aromatic heterocycles. The first kappa shape index (κ1) is 22.7. The molecule has 3 heterocycles. The number of carbonyl (C=O) groups excluding carboxylic acids is 2. The molecule has 3 aliphatic rings. The zero-order valence-corrected chi connectivity index (χ0v) is 18.7. The molecule has 2 amide bonds. The zero-order chi connectivity index (χ0) is 23.8. The Morgan fingerprint density at radius 3 is 2.12 bits per heavy atom. The Bertz CT molecular complexity index is 1040. The average molecular weight is 472 g/mol. The Labute approximate surface area is 196 Å². The fraction of sp³-hybridized carbons (Fsp3) is 0.440. The van der Waals surface area contributed by atoms with Crippen LogP contribution in [0.15, 0.2) is 36.4 Å². The molecule has 2 fully saturated rings. The molecule has 7 nitrogen and oxygen atoms in total. The zero-order valence-electron chi connectivity index (χ0n) is 18.7. The van der Waals surface area contributed by atoms with Crippen molar-refractivity contribution in [3.8, 4) is 0 Å². The molecule has 34 heavy (non-hydrogen) atoms. The number of halogens is 2. The van der Waals surface area contributed by atoms with Crippen molar-refractivity contribution in [1.29, 1.82) is 0 Å². The van der Waals surface area contributed by atoms with Crippen LogP contribution >= 0.6 is 0 Å². The van der Waals surface area contributed by atoms with E-state index in [4.69, 9.17) is 4.74 Å². The number of anilines is 2. The van der Waals surface area contributed by atoms with E-state index in [-0.39, 0.29) is 24.5 Å². The van der Waals surface area contributed by atoms with Crippen LogP contribution in [0, 0.1) is 23.5 Å². The molecule has 0 spiro atoms. The number of benzene rings is 2. The van der Waals surface area contributed by atoms with Gasteiger partial charge in [-0.2, -0.15) is 0 Å². The van der Waals surface area contributed by atoms with Gasteiger partial charge in [-0.25, -0.2) is 8.78 Å². The number of carbonyl (C=O) groups is 2.